The summed E-state index contributed by atoms with van der Waals surface area (Å²) >= 11 is 0. The van der Waals surface area contributed by atoms with E-state index in [-0.39, 0.29) is 11.1 Å². The molecule has 0 spiro atoms. The van der Waals surface area contributed by atoms with Gasteiger partial charge < -0.3 is 9.47 Å². The molecule has 8 nitrogen and oxygen atoms in total. The van der Waals surface area contributed by atoms with Crippen molar-refractivity contribution in [2.45, 2.75) is 51.7 Å². The molecule has 0 heterocycles. The molecule has 0 unspecified atom stereocenters. The number of hydrogen-bond acceptors (Lipinski definition) is 8. The minimum Gasteiger partial charge on any atom is -0.497 e. The van der Waals surface area contributed by atoms with Crippen molar-refractivity contribution >= 4 is 11.9 Å². The minimum atomic E-state index is -1.05. The number of benzene rings is 2. The van der Waals surface area contributed by atoms with Crippen molar-refractivity contribution in [3.8, 4) is 11.5 Å². The van der Waals surface area contributed by atoms with Crippen LogP contribution in [0.1, 0.15) is 66.2 Å². The maximum Gasteiger partial charge on any atom is 0.373 e. The Bertz CT molecular complexity index is 753. The monoisotopic (exact) mass is 446 g/mol. The van der Waals surface area contributed by atoms with Crippen molar-refractivity contribution in [2.75, 3.05) is 14.2 Å². The van der Waals surface area contributed by atoms with E-state index in [4.69, 9.17) is 29.0 Å². The molecule has 32 heavy (non-hydrogen) atoms. The largest absolute Gasteiger partial charge is 0.497 e. The van der Waals surface area contributed by atoms with E-state index >= 15 is 0 Å². The van der Waals surface area contributed by atoms with Crippen molar-refractivity contribution in [1.29, 1.82) is 0 Å². The van der Waals surface area contributed by atoms with Gasteiger partial charge in [0.05, 0.1) is 25.3 Å². The zero-order chi connectivity index (χ0) is 23.2. The van der Waals surface area contributed by atoms with Gasteiger partial charge in [-0.25, -0.2) is 9.59 Å². The van der Waals surface area contributed by atoms with E-state index in [0.717, 1.165) is 32.1 Å². The summed E-state index contributed by atoms with van der Waals surface area (Å²) < 4.78 is 10.1. The van der Waals surface area contributed by atoms with Crippen LogP contribution in [0.4, 0.5) is 0 Å². The number of hydrogen-bond donors (Lipinski definition) is 0. The molecule has 0 saturated carbocycles. The third kappa shape index (κ3) is 8.56. The molecular weight excluding hydrogens is 416 g/mol. The molecule has 8 heteroatoms. The van der Waals surface area contributed by atoms with Gasteiger partial charge in [-0.1, -0.05) is 32.6 Å². The number of unbranched alkanes of at least 4 members (excludes halogenated alkanes) is 4. The number of carbonyl (C=O) groups is 2. The molecule has 174 valence electrons. The highest BCUT2D eigenvalue weighted by Gasteiger charge is 2.19. The molecule has 0 radical (unpaired) electrons. The lowest BCUT2D eigenvalue weighted by atomic mass is 10.1. The summed E-state index contributed by atoms with van der Waals surface area (Å²) in [5.41, 5.74) is 0.561. The lowest BCUT2D eigenvalue weighted by molar-refractivity contribution is -0.421. The summed E-state index contributed by atoms with van der Waals surface area (Å²) in [6.45, 7) is 2.13. The summed E-state index contributed by atoms with van der Waals surface area (Å²) in [6, 6.07) is 12.7. The molecule has 0 amide bonds. The smallest absolute Gasteiger partial charge is 0.373 e. The topological polar surface area (TPSA) is 89.5 Å². The quantitative estimate of drug-likeness (QED) is 0.168. The first-order valence-electron chi connectivity index (χ1n) is 10.6. The Hall–Kier alpha value is -3.10. The van der Waals surface area contributed by atoms with Crippen LogP contribution in [0.2, 0.25) is 0 Å². The minimum absolute atomic E-state index is 0.280. The standard InChI is InChI=1S/C24H30O8/c1-4-5-6-7-8-9-22(29-31-23(25)18-10-14-20(27-2)15-11-18)30-32-24(26)19-12-16-21(28-3)17-13-19/h10-17,22H,4-9H2,1-3H3. The first-order chi connectivity index (χ1) is 15.6. The Morgan fingerprint density at radius 2 is 1.12 bits per heavy atom. The molecule has 0 N–H and O–H groups in total. The van der Waals surface area contributed by atoms with E-state index in [1.165, 1.54) is 14.2 Å². The predicted molar refractivity (Wildman–Crippen MR) is 116 cm³/mol. The molecule has 2 aromatic carbocycles. The van der Waals surface area contributed by atoms with Crippen LogP contribution in [0.5, 0.6) is 11.5 Å². The molecule has 0 aliphatic heterocycles. The Morgan fingerprint density at radius 3 is 1.53 bits per heavy atom. The molecule has 2 rings (SSSR count). The fourth-order valence-electron chi connectivity index (χ4n) is 2.77. The zero-order valence-electron chi connectivity index (χ0n) is 18.7. The van der Waals surface area contributed by atoms with Crippen LogP contribution in [0.15, 0.2) is 48.5 Å². The SMILES string of the molecule is CCCCCCCC(OOC(=O)c1ccc(OC)cc1)OOC(=O)c1ccc(OC)cc1. The van der Waals surface area contributed by atoms with E-state index in [9.17, 15) is 9.59 Å². The Labute approximate surface area is 188 Å². The first kappa shape index (κ1) is 25.2. The summed E-state index contributed by atoms with van der Waals surface area (Å²) in [4.78, 5) is 44.5. The fraction of sp³-hybridized carbons (Fsp3) is 0.417. The summed E-state index contributed by atoms with van der Waals surface area (Å²) in [6.07, 6.45) is 4.36. The molecule has 0 aromatic heterocycles. The second-order valence-electron chi connectivity index (χ2n) is 7.02. The van der Waals surface area contributed by atoms with Gasteiger partial charge in [0.2, 0.25) is 6.29 Å². The van der Waals surface area contributed by atoms with Crippen molar-refractivity contribution in [3.05, 3.63) is 59.7 Å². The number of carbonyl (C=O) groups excluding carboxylic acids is 2. The second kappa shape index (κ2) is 14.1. The summed E-state index contributed by atoms with van der Waals surface area (Å²) in [7, 11) is 3.07. The van der Waals surface area contributed by atoms with Crippen LogP contribution < -0.4 is 9.47 Å². The van der Waals surface area contributed by atoms with Crippen LogP contribution in [0, 0.1) is 0 Å². The average molecular weight is 446 g/mol. The third-order valence-electron chi connectivity index (χ3n) is 4.66. The number of ether oxygens (including phenoxy) is 2. The van der Waals surface area contributed by atoms with Gasteiger partial charge in [0.1, 0.15) is 11.5 Å². The van der Waals surface area contributed by atoms with Crippen molar-refractivity contribution in [3.63, 3.8) is 0 Å². The van der Waals surface area contributed by atoms with E-state index in [1.54, 1.807) is 48.5 Å². The molecular formula is C24H30O8. The lowest BCUT2D eigenvalue weighted by Crippen LogP contribution is -2.22. The number of rotatable bonds is 14. The molecule has 0 fully saturated rings. The van der Waals surface area contributed by atoms with Gasteiger partial charge in [-0.15, -0.1) is 9.78 Å². The predicted octanol–water partition coefficient (Wildman–Crippen LogP) is 5.27. The van der Waals surface area contributed by atoms with Gasteiger partial charge in [-0.2, -0.15) is 0 Å². The van der Waals surface area contributed by atoms with Gasteiger partial charge in [-0.05, 0) is 55.0 Å². The van der Waals surface area contributed by atoms with E-state index in [0.29, 0.717) is 17.9 Å². The Balaban J connectivity index is 1.89. The van der Waals surface area contributed by atoms with Gasteiger partial charge in [-0.3, -0.25) is 9.78 Å². The Kier molecular flexibility index (Phi) is 11.1. The zero-order valence-corrected chi connectivity index (χ0v) is 18.7. The first-order valence-corrected chi connectivity index (χ1v) is 10.6. The molecule has 0 bridgehead atoms. The van der Waals surface area contributed by atoms with Gasteiger partial charge in [0.25, 0.3) is 0 Å². The summed E-state index contributed by atoms with van der Waals surface area (Å²) in [5, 5.41) is 0. The van der Waals surface area contributed by atoms with Crippen LogP contribution in [0.25, 0.3) is 0 Å². The van der Waals surface area contributed by atoms with Crippen LogP contribution in [0.3, 0.4) is 0 Å². The normalized spacial score (nSPS) is 10.6. The maximum atomic E-state index is 12.2. The van der Waals surface area contributed by atoms with Gasteiger partial charge in [0.15, 0.2) is 0 Å². The van der Waals surface area contributed by atoms with Gasteiger partial charge >= 0.3 is 11.9 Å². The van der Waals surface area contributed by atoms with E-state index < -0.39 is 18.2 Å². The van der Waals surface area contributed by atoms with Crippen LogP contribution >= 0.6 is 0 Å². The Morgan fingerprint density at radius 1 is 0.688 bits per heavy atom. The van der Waals surface area contributed by atoms with Crippen LogP contribution in [-0.4, -0.2) is 32.4 Å². The van der Waals surface area contributed by atoms with E-state index in [1.807, 2.05) is 0 Å². The molecule has 0 aliphatic rings. The molecule has 0 atom stereocenters. The summed E-state index contributed by atoms with van der Waals surface area (Å²) in [5.74, 6) is -0.176. The highest BCUT2D eigenvalue weighted by Crippen LogP contribution is 2.16. The highest BCUT2D eigenvalue weighted by atomic mass is 17.3. The average Bonchev–Trinajstić information content (AvgIpc) is 2.84. The highest BCUT2D eigenvalue weighted by molar-refractivity contribution is 5.89. The van der Waals surface area contributed by atoms with Crippen molar-refractivity contribution < 1.29 is 38.6 Å². The van der Waals surface area contributed by atoms with Crippen LogP contribution in [-0.2, 0) is 19.6 Å². The third-order valence-corrected chi connectivity index (χ3v) is 4.66. The van der Waals surface area contributed by atoms with E-state index in [2.05, 4.69) is 6.92 Å². The number of methoxy groups -OCH3 is 2. The van der Waals surface area contributed by atoms with Gasteiger partial charge in [0, 0.05) is 6.42 Å². The van der Waals surface area contributed by atoms with Crippen molar-refractivity contribution in [1.82, 2.24) is 0 Å². The fourth-order valence-corrected chi connectivity index (χ4v) is 2.77. The molecule has 0 saturated heterocycles. The maximum absolute atomic E-state index is 12.2. The second-order valence-corrected chi connectivity index (χ2v) is 7.02. The molecule has 2 aromatic rings. The molecule has 0 aliphatic carbocycles. The lowest BCUT2D eigenvalue weighted by Gasteiger charge is -2.15. The van der Waals surface area contributed by atoms with Crippen molar-refractivity contribution in [2.24, 2.45) is 0 Å².